The summed E-state index contributed by atoms with van der Waals surface area (Å²) >= 11 is 0. The molecule has 1 fully saturated rings. The van der Waals surface area contributed by atoms with E-state index < -0.39 is 11.9 Å². The predicted molar refractivity (Wildman–Crippen MR) is 44.0 cm³/mol. The number of hydrogen-bond acceptors (Lipinski definition) is 3. The molecule has 5 nitrogen and oxygen atoms in total. The molecule has 13 heavy (non-hydrogen) atoms. The van der Waals surface area contributed by atoms with E-state index in [0.717, 1.165) is 0 Å². The normalized spacial score (nSPS) is 27.7. The van der Waals surface area contributed by atoms with Gasteiger partial charge in [0.2, 0.25) is 0 Å². The van der Waals surface area contributed by atoms with Gasteiger partial charge in [-0.25, -0.2) is 4.79 Å². The molecular formula is C8H13NO4. The van der Waals surface area contributed by atoms with Gasteiger partial charge >= 0.3 is 11.9 Å². The van der Waals surface area contributed by atoms with Gasteiger partial charge in [0, 0.05) is 25.1 Å². The Hall–Kier alpha value is -1.10. The zero-order valence-corrected chi connectivity index (χ0v) is 7.43. The topological polar surface area (TPSA) is 77.8 Å². The maximum absolute atomic E-state index is 11.1. The highest BCUT2D eigenvalue weighted by molar-refractivity contribution is 6.31. The average molecular weight is 187 g/mol. The van der Waals surface area contributed by atoms with Crippen LogP contribution in [0.4, 0.5) is 0 Å². The maximum Gasteiger partial charge on any atom is 0.394 e. The Balaban J connectivity index is 2.64. The fourth-order valence-corrected chi connectivity index (χ4v) is 1.66. The van der Waals surface area contributed by atoms with Gasteiger partial charge < -0.3 is 15.1 Å². The van der Waals surface area contributed by atoms with Gasteiger partial charge in [-0.1, -0.05) is 0 Å². The molecule has 0 aromatic rings. The van der Waals surface area contributed by atoms with Crippen LogP contribution in [-0.4, -0.2) is 46.2 Å². The van der Waals surface area contributed by atoms with Gasteiger partial charge in [-0.05, 0) is 13.3 Å². The van der Waals surface area contributed by atoms with Crippen LogP contribution in [0, 0.1) is 5.92 Å². The number of likely N-dealkylation sites (tertiary alicyclic amines) is 1. The van der Waals surface area contributed by atoms with Crippen LogP contribution in [0.1, 0.15) is 13.3 Å². The number of carbonyl (C=O) groups excluding carboxylic acids is 1. The molecular weight excluding hydrogens is 174 g/mol. The summed E-state index contributed by atoms with van der Waals surface area (Å²) in [5, 5.41) is 17.4. The second-order valence-electron chi connectivity index (χ2n) is 3.28. The van der Waals surface area contributed by atoms with E-state index in [9.17, 15) is 9.59 Å². The molecule has 0 bridgehead atoms. The highest BCUT2D eigenvalue weighted by Crippen LogP contribution is 2.23. The molecule has 2 atom stereocenters. The van der Waals surface area contributed by atoms with Crippen molar-refractivity contribution in [2.75, 3.05) is 13.2 Å². The Morgan fingerprint density at radius 1 is 1.54 bits per heavy atom. The second-order valence-corrected chi connectivity index (χ2v) is 3.28. The first-order chi connectivity index (χ1) is 6.07. The number of carboxylic acid groups (broad SMARTS) is 1. The van der Waals surface area contributed by atoms with E-state index in [0.29, 0.717) is 13.0 Å². The van der Waals surface area contributed by atoms with Crippen LogP contribution in [0.2, 0.25) is 0 Å². The van der Waals surface area contributed by atoms with E-state index >= 15 is 0 Å². The second kappa shape index (κ2) is 3.74. The lowest BCUT2D eigenvalue weighted by Gasteiger charge is -2.21. The Bertz CT molecular complexity index is 228. The summed E-state index contributed by atoms with van der Waals surface area (Å²) < 4.78 is 0. The highest BCUT2D eigenvalue weighted by atomic mass is 16.4. The first-order valence-corrected chi connectivity index (χ1v) is 4.22. The van der Waals surface area contributed by atoms with Crippen LogP contribution < -0.4 is 0 Å². The van der Waals surface area contributed by atoms with Crippen molar-refractivity contribution in [2.45, 2.75) is 19.4 Å². The minimum Gasteiger partial charge on any atom is -0.474 e. The summed E-state index contributed by atoms with van der Waals surface area (Å²) in [7, 11) is 0. The van der Waals surface area contributed by atoms with Crippen molar-refractivity contribution in [3.8, 4) is 0 Å². The molecule has 1 aliphatic rings. The van der Waals surface area contributed by atoms with Gasteiger partial charge in [0.05, 0.1) is 0 Å². The Morgan fingerprint density at radius 3 is 2.54 bits per heavy atom. The quantitative estimate of drug-likeness (QED) is 0.532. The van der Waals surface area contributed by atoms with Crippen molar-refractivity contribution in [1.29, 1.82) is 0 Å². The number of carbonyl (C=O) groups is 2. The Labute approximate surface area is 76.0 Å². The van der Waals surface area contributed by atoms with Crippen molar-refractivity contribution in [3.05, 3.63) is 0 Å². The summed E-state index contributed by atoms with van der Waals surface area (Å²) in [5.74, 6) is -2.28. The molecule has 1 heterocycles. The van der Waals surface area contributed by atoms with Crippen LogP contribution in [0.5, 0.6) is 0 Å². The molecule has 74 valence electrons. The van der Waals surface area contributed by atoms with Crippen molar-refractivity contribution in [3.63, 3.8) is 0 Å². The highest BCUT2D eigenvalue weighted by Gasteiger charge is 2.35. The molecule has 2 unspecified atom stereocenters. The van der Waals surface area contributed by atoms with E-state index in [1.54, 1.807) is 6.92 Å². The standard InChI is InChI=1S/C8H13NO4/c1-5-6(4-10)2-3-9(5)7(11)8(12)13/h5-6,10H,2-4H2,1H3,(H,12,13). The van der Waals surface area contributed by atoms with Gasteiger partial charge in [-0.3, -0.25) is 4.79 Å². The Morgan fingerprint density at radius 2 is 2.15 bits per heavy atom. The summed E-state index contributed by atoms with van der Waals surface area (Å²) in [5.41, 5.74) is 0. The summed E-state index contributed by atoms with van der Waals surface area (Å²) in [6.45, 7) is 2.19. The van der Waals surface area contributed by atoms with Crippen molar-refractivity contribution >= 4 is 11.9 Å². The van der Waals surface area contributed by atoms with Crippen LogP contribution in [-0.2, 0) is 9.59 Å². The third-order valence-corrected chi connectivity index (χ3v) is 2.59. The van der Waals surface area contributed by atoms with Crippen LogP contribution in [0.15, 0.2) is 0 Å². The lowest BCUT2D eigenvalue weighted by atomic mass is 10.0. The lowest BCUT2D eigenvalue weighted by Crippen LogP contribution is -2.40. The molecule has 1 rings (SSSR count). The van der Waals surface area contributed by atoms with Crippen molar-refractivity contribution in [1.82, 2.24) is 4.90 Å². The van der Waals surface area contributed by atoms with Crippen LogP contribution >= 0.6 is 0 Å². The first-order valence-electron chi connectivity index (χ1n) is 4.22. The molecule has 0 aromatic carbocycles. The number of rotatable bonds is 1. The number of carboxylic acids is 1. The zero-order chi connectivity index (χ0) is 10.0. The largest absolute Gasteiger partial charge is 0.474 e. The number of aliphatic carboxylic acids is 1. The monoisotopic (exact) mass is 187 g/mol. The number of aliphatic hydroxyl groups excluding tert-OH is 1. The molecule has 0 saturated carbocycles. The molecule has 0 radical (unpaired) electrons. The van der Waals surface area contributed by atoms with Crippen LogP contribution in [0.3, 0.4) is 0 Å². The Kier molecular flexibility index (Phi) is 2.87. The van der Waals surface area contributed by atoms with E-state index in [1.165, 1.54) is 4.90 Å². The SMILES string of the molecule is CC1C(CO)CCN1C(=O)C(=O)O. The predicted octanol–water partition coefficient (Wildman–Crippen LogP) is -0.700. The van der Waals surface area contributed by atoms with Crippen LogP contribution in [0.25, 0.3) is 0 Å². The number of hydrogen-bond donors (Lipinski definition) is 2. The minimum atomic E-state index is -1.43. The summed E-state index contributed by atoms with van der Waals surface area (Å²) in [6, 6.07) is -0.173. The molecule has 5 heteroatoms. The molecule has 2 N–H and O–H groups in total. The minimum absolute atomic E-state index is 0.00453. The number of aliphatic hydroxyl groups is 1. The smallest absolute Gasteiger partial charge is 0.394 e. The molecule has 0 aromatic heterocycles. The van der Waals surface area contributed by atoms with E-state index in [-0.39, 0.29) is 18.6 Å². The molecule has 0 spiro atoms. The van der Waals surface area contributed by atoms with E-state index in [4.69, 9.17) is 10.2 Å². The number of amides is 1. The average Bonchev–Trinajstić information content (AvgIpc) is 2.45. The molecule has 1 aliphatic heterocycles. The number of nitrogens with zero attached hydrogens (tertiary/aromatic N) is 1. The molecule has 1 amide bonds. The first kappa shape index (κ1) is 9.98. The van der Waals surface area contributed by atoms with E-state index in [2.05, 4.69) is 0 Å². The third kappa shape index (κ3) is 1.80. The fraction of sp³-hybridized carbons (Fsp3) is 0.750. The van der Waals surface area contributed by atoms with Gasteiger partial charge in [0.1, 0.15) is 0 Å². The van der Waals surface area contributed by atoms with Crippen molar-refractivity contribution < 1.29 is 19.8 Å². The third-order valence-electron chi connectivity index (χ3n) is 2.59. The molecule has 1 saturated heterocycles. The lowest BCUT2D eigenvalue weighted by molar-refractivity contribution is -0.156. The van der Waals surface area contributed by atoms with Gasteiger partial charge in [-0.2, -0.15) is 0 Å². The van der Waals surface area contributed by atoms with Gasteiger partial charge in [0.15, 0.2) is 0 Å². The van der Waals surface area contributed by atoms with Gasteiger partial charge in [0.25, 0.3) is 0 Å². The van der Waals surface area contributed by atoms with E-state index in [1.807, 2.05) is 0 Å². The summed E-state index contributed by atoms with van der Waals surface area (Å²) in [4.78, 5) is 22.7. The molecule has 0 aliphatic carbocycles. The summed E-state index contributed by atoms with van der Waals surface area (Å²) in [6.07, 6.45) is 0.677. The maximum atomic E-state index is 11.1. The van der Waals surface area contributed by atoms with Gasteiger partial charge in [-0.15, -0.1) is 0 Å². The van der Waals surface area contributed by atoms with Crippen molar-refractivity contribution in [2.24, 2.45) is 5.92 Å². The zero-order valence-electron chi connectivity index (χ0n) is 7.43. The fourth-order valence-electron chi connectivity index (χ4n) is 1.66.